The van der Waals surface area contributed by atoms with Crippen molar-refractivity contribution < 1.29 is 9.84 Å². The lowest BCUT2D eigenvalue weighted by Crippen LogP contribution is -1.96. The molecule has 2 rings (SSSR count). The molecule has 1 heterocycles. The van der Waals surface area contributed by atoms with E-state index in [9.17, 15) is 5.11 Å². The highest BCUT2D eigenvalue weighted by Crippen LogP contribution is 2.21. The SMILES string of the molecule is Nc1ccc(COc2cccnc2)c(O)c1. The van der Waals surface area contributed by atoms with Crippen LogP contribution in [0.25, 0.3) is 0 Å². The van der Waals surface area contributed by atoms with Crippen molar-refractivity contribution in [3.05, 3.63) is 48.3 Å². The van der Waals surface area contributed by atoms with Gasteiger partial charge in [-0.1, -0.05) is 0 Å². The molecule has 0 spiro atoms. The number of aromatic nitrogens is 1. The van der Waals surface area contributed by atoms with Gasteiger partial charge in [0.15, 0.2) is 0 Å². The van der Waals surface area contributed by atoms with E-state index in [2.05, 4.69) is 4.98 Å². The molecule has 2 aromatic rings. The molecule has 0 aliphatic carbocycles. The molecule has 4 heteroatoms. The summed E-state index contributed by atoms with van der Waals surface area (Å²) in [4.78, 5) is 3.93. The Morgan fingerprint density at radius 1 is 1.31 bits per heavy atom. The molecule has 0 amide bonds. The molecule has 0 saturated heterocycles. The summed E-state index contributed by atoms with van der Waals surface area (Å²) in [6.07, 6.45) is 3.29. The van der Waals surface area contributed by atoms with Crippen LogP contribution in [0.15, 0.2) is 42.7 Å². The summed E-state index contributed by atoms with van der Waals surface area (Å²) in [5.41, 5.74) is 6.75. The first-order chi connectivity index (χ1) is 7.75. The smallest absolute Gasteiger partial charge is 0.138 e. The van der Waals surface area contributed by atoms with Crippen LogP contribution in [0.5, 0.6) is 11.5 Å². The van der Waals surface area contributed by atoms with Gasteiger partial charge in [-0.15, -0.1) is 0 Å². The molecule has 0 fully saturated rings. The van der Waals surface area contributed by atoms with Crippen molar-refractivity contribution in [1.82, 2.24) is 4.98 Å². The first-order valence-electron chi connectivity index (χ1n) is 4.86. The van der Waals surface area contributed by atoms with E-state index in [1.165, 1.54) is 6.07 Å². The second-order valence-electron chi connectivity index (χ2n) is 3.37. The summed E-state index contributed by atoms with van der Waals surface area (Å²) < 4.78 is 5.45. The molecule has 0 radical (unpaired) electrons. The fourth-order valence-corrected chi connectivity index (χ4v) is 1.30. The molecule has 82 valence electrons. The van der Waals surface area contributed by atoms with Gasteiger partial charge in [-0.25, -0.2) is 0 Å². The number of ether oxygens (including phenoxy) is 1. The molecular weight excluding hydrogens is 204 g/mol. The molecule has 0 bridgehead atoms. The van der Waals surface area contributed by atoms with Crippen molar-refractivity contribution in [3.8, 4) is 11.5 Å². The molecule has 1 aromatic carbocycles. The average molecular weight is 216 g/mol. The van der Waals surface area contributed by atoms with Gasteiger partial charge in [-0.3, -0.25) is 4.98 Å². The average Bonchev–Trinajstić information content (AvgIpc) is 2.29. The number of hydrogen-bond acceptors (Lipinski definition) is 4. The number of rotatable bonds is 3. The standard InChI is InChI=1S/C12H12N2O2/c13-10-4-3-9(12(15)6-10)8-16-11-2-1-5-14-7-11/h1-7,15H,8,13H2. The third-order valence-corrected chi connectivity index (χ3v) is 2.14. The zero-order valence-corrected chi connectivity index (χ0v) is 8.63. The Balaban J connectivity index is 2.05. The zero-order chi connectivity index (χ0) is 11.4. The number of nitrogens with two attached hydrogens (primary N) is 1. The van der Waals surface area contributed by atoms with Crippen molar-refractivity contribution in [2.24, 2.45) is 0 Å². The maximum Gasteiger partial charge on any atom is 0.138 e. The molecule has 3 N–H and O–H groups in total. The minimum atomic E-state index is 0.142. The van der Waals surface area contributed by atoms with E-state index in [1.54, 1.807) is 36.7 Å². The summed E-state index contributed by atoms with van der Waals surface area (Å²) in [5, 5.41) is 9.59. The normalized spacial score (nSPS) is 10.0. The monoisotopic (exact) mass is 216 g/mol. The Morgan fingerprint density at radius 3 is 2.88 bits per heavy atom. The van der Waals surface area contributed by atoms with Crippen LogP contribution in [0.4, 0.5) is 5.69 Å². The minimum Gasteiger partial charge on any atom is -0.507 e. The van der Waals surface area contributed by atoms with Gasteiger partial charge in [0.05, 0.1) is 6.20 Å². The van der Waals surface area contributed by atoms with Crippen LogP contribution < -0.4 is 10.5 Å². The number of phenols is 1. The number of nitrogens with zero attached hydrogens (tertiary/aromatic N) is 1. The highest BCUT2D eigenvalue weighted by Gasteiger charge is 2.02. The Hall–Kier alpha value is -2.23. The predicted octanol–water partition coefficient (Wildman–Crippen LogP) is 1.95. The predicted molar refractivity (Wildman–Crippen MR) is 61.1 cm³/mol. The molecule has 0 unspecified atom stereocenters. The second-order valence-corrected chi connectivity index (χ2v) is 3.37. The first-order valence-corrected chi connectivity index (χ1v) is 4.86. The Labute approximate surface area is 93.3 Å². The fraction of sp³-hybridized carbons (Fsp3) is 0.0833. The maximum absolute atomic E-state index is 9.59. The van der Waals surface area contributed by atoms with E-state index >= 15 is 0 Å². The van der Waals surface area contributed by atoms with E-state index < -0.39 is 0 Å². The Bertz CT molecular complexity index is 472. The summed E-state index contributed by atoms with van der Waals surface area (Å²) in [7, 11) is 0. The van der Waals surface area contributed by atoms with E-state index in [-0.39, 0.29) is 12.4 Å². The quantitative estimate of drug-likeness (QED) is 0.769. The van der Waals surface area contributed by atoms with Crippen molar-refractivity contribution in [3.63, 3.8) is 0 Å². The van der Waals surface area contributed by atoms with Gasteiger partial charge in [0.25, 0.3) is 0 Å². The molecule has 0 saturated carbocycles. The molecule has 0 atom stereocenters. The van der Waals surface area contributed by atoms with Gasteiger partial charge in [0.1, 0.15) is 18.1 Å². The highest BCUT2D eigenvalue weighted by molar-refractivity contribution is 5.47. The van der Waals surface area contributed by atoms with Gasteiger partial charge in [-0.05, 0) is 24.3 Å². The molecular formula is C12H12N2O2. The van der Waals surface area contributed by atoms with Crippen molar-refractivity contribution in [2.45, 2.75) is 6.61 Å². The van der Waals surface area contributed by atoms with Gasteiger partial charge in [0, 0.05) is 23.5 Å². The van der Waals surface area contributed by atoms with Crippen LogP contribution in [0.1, 0.15) is 5.56 Å². The summed E-state index contributed by atoms with van der Waals surface area (Å²) in [5.74, 6) is 0.808. The number of phenolic OH excluding ortho intramolecular Hbond substituents is 1. The van der Waals surface area contributed by atoms with Gasteiger partial charge < -0.3 is 15.6 Å². The maximum atomic E-state index is 9.59. The van der Waals surface area contributed by atoms with Crippen molar-refractivity contribution in [1.29, 1.82) is 0 Å². The molecule has 16 heavy (non-hydrogen) atoms. The topological polar surface area (TPSA) is 68.4 Å². The van der Waals surface area contributed by atoms with Gasteiger partial charge in [0.2, 0.25) is 0 Å². The minimum absolute atomic E-state index is 0.142. The van der Waals surface area contributed by atoms with Crippen LogP contribution in [0, 0.1) is 0 Å². The molecule has 0 aliphatic rings. The van der Waals surface area contributed by atoms with E-state index in [0.717, 1.165) is 0 Å². The third-order valence-electron chi connectivity index (χ3n) is 2.14. The zero-order valence-electron chi connectivity index (χ0n) is 8.63. The van der Waals surface area contributed by atoms with Crippen molar-refractivity contribution in [2.75, 3.05) is 5.73 Å². The van der Waals surface area contributed by atoms with Crippen LogP contribution in [-0.2, 0) is 6.61 Å². The number of benzene rings is 1. The highest BCUT2D eigenvalue weighted by atomic mass is 16.5. The lowest BCUT2D eigenvalue weighted by molar-refractivity contribution is 0.298. The summed E-state index contributed by atoms with van der Waals surface area (Å²) in [6.45, 7) is 0.289. The number of pyridine rings is 1. The summed E-state index contributed by atoms with van der Waals surface area (Å²) in [6, 6.07) is 8.56. The summed E-state index contributed by atoms with van der Waals surface area (Å²) >= 11 is 0. The number of aromatic hydroxyl groups is 1. The first kappa shape index (κ1) is 10.3. The fourth-order valence-electron chi connectivity index (χ4n) is 1.30. The van der Waals surface area contributed by atoms with Crippen LogP contribution in [0.3, 0.4) is 0 Å². The van der Waals surface area contributed by atoms with Crippen LogP contribution in [-0.4, -0.2) is 10.1 Å². The molecule has 1 aromatic heterocycles. The largest absolute Gasteiger partial charge is 0.507 e. The third kappa shape index (κ3) is 2.42. The number of hydrogen-bond donors (Lipinski definition) is 2. The van der Waals surface area contributed by atoms with Crippen molar-refractivity contribution >= 4 is 5.69 Å². The molecule has 4 nitrogen and oxygen atoms in total. The van der Waals surface area contributed by atoms with Gasteiger partial charge >= 0.3 is 0 Å². The lowest BCUT2D eigenvalue weighted by atomic mass is 10.2. The number of anilines is 1. The second kappa shape index (κ2) is 4.53. The lowest BCUT2D eigenvalue weighted by Gasteiger charge is -2.07. The Kier molecular flexibility index (Phi) is 2.91. The Morgan fingerprint density at radius 2 is 2.19 bits per heavy atom. The van der Waals surface area contributed by atoms with Gasteiger partial charge in [-0.2, -0.15) is 0 Å². The molecule has 0 aliphatic heterocycles. The van der Waals surface area contributed by atoms with E-state index in [4.69, 9.17) is 10.5 Å². The van der Waals surface area contributed by atoms with E-state index in [1.807, 2.05) is 0 Å². The number of nitrogen functional groups attached to an aromatic ring is 1. The van der Waals surface area contributed by atoms with E-state index in [0.29, 0.717) is 17.0 Å². The van der Waals surface area contributed by atoms with Crippen LogP contribution in [0.2, 0.25) is 0 Å². The van der Waals surface area contributed by atoms with Crippen LogP contribution >= 0.6 is 0 Å².